The highest BCUT2D eigenvalue weighted by atomic mass is 16.5. The van der Waals surface area contributed by atoms with Crippen molar-refractivity contribution in [2.45, 2.75) is 97.4 Å². The molecule has 0 atom stereocenters. The van der Waals surface area contributed by atoms with Gasteiger partial charge in [-0.1, -0.05) is 77.6 Å². The van der Waals surface area contributed by atoms with Crippen molar-refractivity contribution in [2.75, 3.05) is 11.5 Å². The van der Waals surface area contributed by atoms with Crippen LogP contribution in [0.1, 0.15) is 96.5 Å². The number of pyridine rings is 1. The molecule has 2 rings (SSSR count). The lowest BCUT2D eigenvalue weighted by Crippen LogP contribution is -2.31. The van der Waals surface area contributed by atoms with Crippen molar-refractivity contribution in [3.63, 3.8) is 0 Å². The largest absolute Gasteiger partial charge is 0.494 e. The second kappa shape index (κ2) is 16.3. The van der Waals surface area contributed by atoms with Crippen molar-refractivity contribution in [2.24, 2.45) is 7.05 Å². The van der Waals surface area contributed by atoms with Gasteiger partial charge in [0.15, 0.2) is 12.4 Å². The minimum Gasteiger partial charge on any atom is -0.494 e. The number of hydrogen-bond acceptors (Lipinski definition) is 2. The van der Waals surface area contributed by atoms with Gasteiger partial charge in [-0.05, 0) is 36.8 Å². The normalized spacial score (nSPS) is 10.9. The number of ether oxygens (including phenoxy) is 1. The zero-order valence-corrected chi connectivity index (χ0v) is 21.2. The molecular weight excluding hydrogens is 408 g/mol. The minimum absolute atomic E-state index is 0.0340. The van der Waals surface area contributed by atoms with Gasteiger partial charge < -0.3 is 9.64 Å². The van der Waals surface area contributed by atoms with E-state index in [0.29, 0.717) is 6.54 Å². The minimum atomic E-state index is 0.0340. The van der Waals surface area contributed by atoms with E-state index in [1.807, 2.05) is 60.4 Å². The predicted molar refractivity (Wildman–Crippen MR) is 137 cm³/mol. The van der Waals surface area contributed by atoms with Gasteiger partial charge >= 0.3 is 0 Å². The molecule has 1 heterocycles. The molecule has 33 heavy (non-hydrogen) atoms. The molecule has 0 radical (unpaired) electrons. The summed E-state index contributed by atoms with van der Waals surface area (Å²) in [6, 6.07) is 11.9. The highest BCUT2D eigenvalue weighted by Gasteiger charge is 2.13. The molecule has 2 aromatic rings. The van der Waals surface area contributed by atoms with Crippen LogP contribution >= 0.6 is 0 Å². The third-order valence-electron chi connectivity index (χ3n) is 6.14. The van der Waals surface area contributed by atoms with Gasteiger partial charge in [-0.15, -0.1) is 0 Å². The van der Waals surface area contributed by atoms with E-state index in [0.717, 1.165) is 30.0 Å². The summed E-state index contributed by atoms with van der Waals surface area (Å²) in [5, 5.41) is 0. The molecule has 0 N–H and O–H groups in total. The van der Waals surface area contributed by atoms with Crippen LogP contribution in [0.2, 0.25) is 0 Å². The van der Waals surface area contributed by atoms with Gasteiger partial charge in [0.1, 0.15) is 12.8 Å². The van der Waals surface area contributed by atoms with Crippen LogP contribution in [-0.4, -0.2) is 12.5 Å². The van der Waals surface area contributed by atoms with E-state index >= 15 is 0 Å². The van der Waals surface area contributed by atoms with Crippen molar-refractivity contribution >= 4 is 11.6 Å². The smallest absolute Gasteiger partial charge is 0.224 e. The van der Waals surface area contributed by atoms with E-state index in [2.05, 4.69) is 6.92 Å². The first-order valence-corrected chi connectivity index (χ1v) is 13.1. The van der Waals surface area contributed by atoms with Crippen LogP contribution in [-0.2, 0) is 18.4 Å². The highest BCUT2D eigenvalue weighted by Crippen LogP contribution is 2.22. The fraction of sp³-hybridized carbons (Fsp3) is 0.586. The van der Waals surface area contributed by atoms with Crippen LogP contribution in [0.4, 0.5) is 5.69 Å². The molecule has 1 aromatic carbocycles. The second-order valence-electron chi connectivity index (χ2n) is 9.21. The lowest BCUT2D eigenvalue weighted by molar-refractivity contribution is -0.671. The zero-order chi connectivity index (χ0) is 23.7. The fourth-order valence-electron chi connectivity index (χ4n) is 4.17. The number of aryl methyl sites for hydroxylation is 1. The summed E-state index contributed by atoms with van der Waals surface area (Å²) in [7, 11) is 1.99. The molecule has 0 fully saturated rings. The summed E-state index contributed by atoms with van der Waals surface area (Å²) in [6.45, 7) is 5.20. The number of nitrogens with zero attached hydrogens (tertiary/aromatic N) is 2. The third-order valence-corrected chi connectivity index (χ3v) is 6.14. The molecule has 0 saturated carbocycles. The Morgan fingerprint density at radius 3 is 1.97 bits per heavy atom. The van der Waals surface area contributed by atoms with E-state index in [1.54, 1.807) is 11.8 Å². The molecule has 0 unspecified atom stereocenters. The van der Waals surface area contributed by atoms with Crippen molar-refractivity contribution in [1.29, 1.82) is 0 Å². The summed E-state index contributed by atoms with van der Waals surface area (Å²) >= 11 is 0. The number of unbranched alkanes of at least 4 members (excludes halogenated alkanes) is 11. The number of rotatable bonds is 17. The van der Waals surface area contributed by atoms with E-state index in [-0.39, 0.29) is 5.91 Å². The molecule has 0 aliphatic rings. The first kappa shape index (κ1) is 26.9. The molecule has 0 aliphatic heterocycles. The summed E-state index contributed by atoms with van der Waals surface area (Å²) in [6.07, 6.45) is 20.2. The Labute approximate surface area is 202 Å². The summed E-state index contributed by atoms with van der Waals surface area (Å²) in [5.74, 6) is 0.906. The molecule has 0 bridgehead atoms. The topological polar surface area (TPSA) is 33.4 Å². The molecule has 1 amide bonds. The zero-order valence-electron chi connectivity index (χ0n) is 21.2. The Kier molecular flexibility index (Phi) is 13.3. The standard InChI is InChI=1S/C29H45N2O2/c1-4-5-6-7-8-9-10-11-12-13-14-15-23-33-29-20-18-28(19-21-29)31(26(2)32)25-27-17-16-22-30(3)24-27/h16-22,24H,4-15,23,25H2,1-3H3/q+1. The van der Waals surface area contributed by atoms with Crippen LogP contribution in [0.25, 0.3) is 0 Å². The van der Waals surface area contributed by atoms with Crippen molar-refractivity contribution < 1.29 is 14.1 Å². The lowest BCUT2D eigenvalue weighted by atomic mass is 10.1. The number of carbonyl (C=O) groups is 1. The van der Waals surface area contributed by atoms with E-state index < -0.39 is 0 Å². The molecule has 0 aliphatic carbocycles. The lowest BCUT2D eigenvalue weighted by Gasteiger charge is -2.21. The van der Waals surface area contributed by atoms with Crippen molar-refractivity contribution in [3.05, 3.63) is 54.4 Å². The van der Waals surface area contributed by atoms with Gasteiger partial charge in [0.05, 0.1) is 13.2 Å². The van der Waals surface area contributed by atoms with Gasteiger partial charge in [-0.3, -0.25) is 4.79 Å². The van der Waals surface area contributed by atoms with E-state index in [9.17, 15) is 4.79 Å². The van der Waals surface area contributed by atoms with Crippen molar-refractivity contribution in [1.82, 2.24) is 0 Å². The third kappa shape index (κ3) is 11.4. The Morgan fingerprint density at radius 1 is 0.848 bits per heavy atom. The highest BCUT2D eigenvalue weighted by molar-refractivity contribution is 5.91. The fourth-order valence-corrected chi connectivity index (χ4v) is 4.17. The Morgan fingerprint density at radius 2 is 1.42 bits per heavy atom. The number of aromatic nitrogens is 1. The van der Waals surface area contributed by atoms with E-state index in [1.165, 1.54) is 70.6 Å². The Balaban J connectivity index is 1.60. The number of amides is 1. The van der Waals surface area contributed by atoms with Gasteiger partial charge in [-0.25, -0.2) is 4.57 Å². The number of benzene rings is 1. The van der Waals surface area contributed by atoms with Crippen LogP contribution in [0, 0.1) is 0 Å². The molecule has 0 saturated heterocycles. The summed E-state index contributed by atoms with van der Waals surface area (Å²) in [4.78, 5) is 14.0. The number of anilines is 1. The van der Waals surface area contributed by atoms with Crippen LogP contribution in [0.5, 0.6) is 5.75 Å². The van der Waals surface area contributed by atoms with Crippen molar-refractivity contribution in [3.8, 4) is 5.75 Å². The first-order valence-electron chi connectivity index (χ1n) is 13.1. The Hall–Kier alpha value is -2.36. The summed E-state index contributed by atoms with van der Waals surface area (Å²) in [5.41, 5.74) is 1.99. The average molecular weight is 454 g/mol. The quantitative estimate of drug-likeness (QED) is 0.188. The molecule has 4 heteroatoms. The first-order chi connectivity index (χ1) is 16.1. The maximum Gasteiger partial charge on any atom is 0.224 e. The van der Waals surface area contributed by atoms with Gasteiger partial charge in [0.2, 0.25) is 5.91 Å². The van der Waals surface area contributed by atoms with E-state index in [4.69, 9.17) is 4.74 Å². The van der Waals surface area contributed by atoms with Crippen LogP contribution in [0.15, 0.2) is 48.8 Å². The Bertz CT molecular complexity index is 788. The molecule has 4 nitrogen and oxygen atoms in total. The molecule has 0 spiro atoms. The maximum absolute atomic E-state index is 12.2. The SMILES string of the molecule is CCCCCCCCCCCCCCOc1ccc(N(Cc2ccc[n+](C)c2)C(C)=O)cc1. The number of hydrogen-bond donors (Lipinski definition) is 0. The molecule has 1 aromatic heterocycles. The predicted octanol–water partition coefficient (Wildman–Crippen LogP) is 7.14. The molecular formula is C29H45N2O2+. The number of carbonyl (C=O) groups excluding carboxylic acids is 1. The average Bonchev–Trinajstić information content (AvgIpc) is 2.81. The maximum atomic E-state index is 12.2. The summed E-state index contributed by atoms with van der Waals surface area (Å²) < 4.78 is 7.92. The monoisotopic (exact) mass is 453 g/mol. The van der Waals surface area contributed by atoms with Gasteiger partial charge in [0.25, 0.3) is 0 Å². The van der Waals surface area contributed by atoms with Gasteiger partial charge in [-0.2, -0.15) is 0 Å². The molecule has 182 valence electrons. The second-order valence-corrected chi connectivity index (χ2v) is 9.21. The van der Waals surface area contributed by atoms with Crippen LogP contribution < -0.4 is 14.2 Å². The van der Waals surface area contributed by atoms with Gasteiger partial charge in [0, 0.05) is 24.2 Å². The van der Waals surface area contributed by atoms with Crippen LogP contribution in [0.3, 0.4) is 0 Å².